The van der Waals surface area contributed by atoms with E-state index in [0.29, 0.717) is 28.0 Å². The molecule has 0 saturated heterocycles. The number of benzene rings is 3. The average molecular weight is 507 g/mol. The Balaban J connectivity index is 1.54. The van der Waals surface area contributed by atoms with Crippen LogP contribution in [-0.2, 0) is 11.2 Å². The van der Waals surface area contributed by atoms with Gasteiger partial charge in [0.05, 0.1) is 11.6 Å². The zero-order valence-electron chi connectivity index (χ0n) is 20.8. The van der Waals surface area contributed by atoms with Gasteiger partial charge in [-0.15, -0.1) is 0 Å². The molecule has 0 bridgehead atoms. The topological polar surface area (TPSA) is 80.6 Å². The number of anilines is 1. The predicted octanol–water partition coefficient (Wildman–Crippen LogP) is 6.29. The van der Waals surface area contributed by atoms with Gasteiger partial charge in [-0.05, 0) is 74.7 Å². The molecule has 4 aromatic rings. The number of ether oxygens (including phenoxy) is 1. The van der Waals surface area contributed by atoms with Crippen LogP contribution in [0.3, 0.4) is 0 Å². The van der Waals surface area contributed by atoms with Crippen LogP contribution in [0.1, 0.15) is 26.3 Å². The maximum absolute atomic E-state index is 13.7. The molecule has 1 heterocycles. The van der Waals surface area contributed by atoms with E-state index in [1.807, 2.05) is 18.2 Å². The molecule has 0 spiro atoms. The molecule has 2 N–H and O–H groups in total. The third-order valence-corrected chi connectivity index (χ3v) is 5.49. The molecule has 37 heavy (non-hydrogen) atoms. The van der Waals surface area contributed by atoms with Crippen molar-refractivity contribution < 1.29 is 22.7 Å². The molecule has 0 aliphatic heterocycles. The zero-order chi connectivity index (χ0) is 26.6. The molecular weight excluding hydrogens is 478 g/mol. The maximum Gasteiger partial charge on any atom is 0.407 e. The second-order valence-corrected chi connectivity index (χ2v) is 9.77. The van der Waals surface area contributed by atoms with Crippen LogP contribution >= 0.6 is 0 Å². The molecule has 0 aliphatic rings. The van der Waals surface area contributed by atoms with Crippen LogP contribution in [0.25, 0.3) is 22.1 Å². The summed E-state index contributed by atoms with van der Waals surface area (Å²) in [6.07, 6.45) is -0.479. The number of rotatable bonds is 7. The van der Waals surface area contributed by atoms with Crippen LogP contribution in [0.15, 0.2) is 82.0 Å². The molecule has 0 unspecified atom stereocenters. The lowest BCUT2D eigenvalue weighted by atomic mass is 10.0. The van der Waals surface area contributed by atoms with Gasteiger partial charge in [-0.25, -0.2) is 18.4 Å². The largest absolute Gasteiger partial charge is 0.444 e. The van der Waals surface area contributed by atoms with Crippen LogP contribution in [0.2, 0.25) is 0 Å². The van der Waals surface area contributed by atoms with Crippen molar-refractivity contribution >= 4 is 22.7 Å². The Bertz CT molecular complexity index is 1460. The van der Waals surface area contributed by atoms with E-state index in [0.717, 1.165) is 11.5 Å². The van der Waals surface area contributed by atoms with Crippen molar-refractivity contribution in [1.82, 2.24) is 5.32 Å². The molecule has 3 aromatic carbocycles. The van der Waals surface area contributed by atoms with Crippen molar-refractivity contribution in [3.8, 4) is 11.1 Å². The molecule has 4 rings (SSSR count). The van der Waals surface area contributed by atoms with Gasteiger partial charge in [-0.1, -0.05) is 30.3 Å². The first-order chi connectivity index (χ1) is 17.6. The number of halogens is 2. The highest BCUT2D eigenvalue weighted by Gasteiger charge is 2.20. The summed E-state index contributed by atoms with van der Waals surface area (Å²) < 4.78 is 38.3. The fourth-order valence-electron chi connectivity index (χ4n) is 3.96. The molecule has 0 saturated carbocycles. The third-order valence-electron chi connectivity index (χ3n) is 5.49. The number of nitrogens with one attached hydrogen (secondary N) is 2. The summed E-state index contributed by atoms with van der Waals surface area (Å²) in [5.41, 5.74) is 1.51. The van der Waals surface area contributed by atoms with Crippen molar-refractivity contribution in [1.29, 1.82) is 0 Å². The van der Waals surface area contributed by atoms with Crippen molar-refractivity contribution in [3.63, 3.8) is 0 Å². The van der Waals surface area contributed by atoms with Crippen molar-refractivity contribution in [2.24, 2.45) is 0 Å². The summed E-state index contributed by atoms with van der Waals surface area (Å²) in [6.45, 7) is 5.47. The monoisotopic (exact) mass is 506 g/mol. The van der Waals surface area contributed by atoms with E-state index in [-0.39, 0.29) is 13.0 Å². The first-order valence-electron chi connectivity index (χ1n) is 11.9. The van der Waals surface area contributed by atoms with Gasteiger partial charge in [-0.2, -0.15) is 0 Å². The Hall–Kier alpha value is -4.20. The van der Waals surface area contributed by atoms with Crippen molar-refractivity contribution in [3.05, 3.63) is 100 Å². The van der Waals surface area contributed by atoms with Gasteiger partial charge >= 0.3 is 11.7 Å². The molecule has 1 amide bonds. The molecular formula is C29H28F2N2O4. The van der Waals surface area contributed by atoms with Crippen LogP contribution in [-0.4, -0.2) is 24.3 Å². The minimum Gasteiger partial charge on any atom is -0.444 e. The van der Waals surface area contributed by atoms with Gasteiger partial charge in [0.1, 0.15) is 22.8 Å². The van der Waals surface area contributed by atoms with Gasteiger partial charge < -0.3 is 19.8 Å². The number of fused-ring (bicyclic) bond motifs is 1. The third kappa shape index (κ3) is 7.16. The summed E-state index contributed by atoms with van der Waals surface area (Å²) in [7, 11) is 0. The van der Waals surface area contributed by atoms with Gasteiger partial charge in [0.25, 0.3) is 0 Å². The Morgan fingerprint density at radius 3 is 2.43 bits per heavy atom. The summed E-state index contributed by atoms with van der Waals surface area (Å²) >= 11 is 0. The highest BCUT2D eigenvalue weighted by Crippen LogP contribution is 2.24. The number of hydrogen-bond donors (Lipinski definition) is 2. The van der Waals surface area contributed by atoms with Gasteiger partial charge in [0, 0.05) is 23.7 Å². The number of amides is 1. The molecule has 0 radical (unpaired) electrons. The fraction of sp³-hybridized carbons (Fsp3) is 0.241. The first-order valence-corrected chi connectivity index (χ1v) is 11.9. The second kappa shape index (κ2) is 10.8. The van der Waals surface area contributed by atoms with E-state index in [1.165, 1.54) is 12.1 Å². The SMILES string of the molecule is CC(C)(C)OC(=O)N[C@H](CNc1cccc(-c2cc3ccccc3oc2=O)c1)Cc1cc(F)cc(F)c1. The average Bonchev–Trinajstić information content (AvgIpc) is 2.80. The zero-order valence-corrected chi connectivity index (χ0v) is 20.8. The minimum atomic E-state index is -0.706. The molecule has 0 aliphatic carbocycles. The molecule has 1 aromatic heterocycles. The lowest BCUT2D eigenvalue weighted by Gasteiger charge is -2.24. The smallest absolute Gasteiger partial charge is 0.407 e. The number of hydrogen-bond acceptors (Lipinski definition) is 5. The highest BCUT2D eigenvalue weighted by molar-refractivity contribution is 5.82. The van der Waals surface area contributed by atoms with Gasteiger partial charge in [0.2, 0.25) is 0 Å². The summed E-state index contributed by atoms with van der Waals surface area (Å²) in [5.74, 6) is -1.39. The lowest BCUT2D eigenvalue weighted by Crippen LogP contribution is -2.43. The minimum absolute atomic E-state index is 0.162. The van der Waals surface area contributed by atoms with E-state index in [9.17, 15) is 18.4 Å². The van der Waals surface area contributed by atoms with E-state index in [4.69, 9.17) is 9.15 Å². The van der Waals surface area contributed by atoms with E-state index in [1.54, 1.807) is 57.2 Å². The lowest BCUT2D eigenvalue weighted by molar-refractivity contribution is 0.0507. The predicted molar refractivity (Wildman–Crippen MR) is 140 cm³/mol. The molecule has 6 nitrogen and oxygen atoms in total. The second-order valence-electron chi connectivity index (χ2n) is 9.77. The Morgan fingerprint density at radius 2 is 1.70 bits per heavy atom. The maximum atomic E-state index is 13.7. The standard InChI is InChI=1S/C29H28F2N2O4/c1-29(2,3)37-28(35)33-24(13-18-11-21(30)16-22(31)12-18)17-32-23-9-6-8-19(14-23)25-15-20-7-4-5-10-26(20)36-27(25)34/h4-12,14-16,24,32H,13,17H2,1-3H3,(H,33,35)/t24-/m0/s1. The molecule has 192 valence electrons. The Morgan fingerprint density at radius 1 is 0.973 bits per heavy atom. The summed E-state index contributed by atoms with van der Waals surface area (Å²) in [4.78, 5) is 25.0. The number of para-hydroxylation sites is 1. The molecule has 0 fully saturated rings. The summed E-state index contributed by atoms with van der Waals surface area (Å²) in [6, 6.07) is 19.0. The van der Waals surface area contributed by atoms with E-state index in [2.05, 4.69) is 10.6 Å². The number of carbonyl (C=O) groups is 1. The van der Waals surface area contributed by atoms with Crippen LogP contribution in [0.5, 0.6) is 0 Å². The van der Waals surface area contributed by atoms with Gasteiger partial charge in [0.15, 0.2) is 0 Å². The van der Waals surface area contributed by atoms with E-state index >= 15 is 0 Å². The number of carbonyl (C=O) groups excluding carboxylic acids is 1. The highest BCUT2D eigenvalue weighted by atomic mass is 19.1. The quantitative estimate of drug-likeness (QED) is 0.288. The molecule has 8 heteroatoms. The van der Waals surface area contributed by atoms with Crippen LogP contribution in [0, 0.1) is 11.6 Å². The Labute approximate surface area is 213 Å². The number of alkyl carbamates (subject to hydrolysis) is 1. The molecule has 1 atom stereocenters. The van der Waals surface area contributed by atoms with Crippen LogP contribution in [0.4, 0.5) is 19.3 Å². The summed E-state index contributed by atoms with van der Waals surface area (Å²) in [5, 5.41) is 6.82. The first kappa shape index (κ1) is 25.9. The van der Waals surface area contributed by atoms with Crippen molar-refractivity contribution in [2.75, 3.05) is 11.9 Å². The fourth-order valence-corrected chi connectivity index (χ4v) is 3.96. The Kier molecular flexibility index (Phi) is 7.57. The van der Waals surface area contributed by atoms with Crippen molar-refractivity contribution in [2.45, 2.75) is 38.8 Å². The van der Waals surface area contributed by atoms with Crippen LogP contribution < -0.4 is 16.3 Å². The van der Waals surface area contributed by atoms with E-state index < -0.39 is 35.0 Å². The normalized spacial score (nSPS) is 12.2. The van der Waals surface area contributed by atoms with Gasteiger partial charge in [-0.3, -0.25) is 0 Å².